The van der Waals surface area contributed by atoms with E-state index in [4.69, 9.17) is 47.0 Å². The van der Waals surface area contributed by atoms with E-state index in [1.54, 1.807) is 0 Å². The van der Waals surface area contributed by atoms with Crippen molar-refractivity contribution in [2.45, 2.75) is 130 Å². The lowest BCUT2D eigenvalue weighted by Crippen LogP contribution is -2.65. The second-order valence-corrected chi connectivity index (χ2v) is 16.1. The second-order valence-electron chi connectivity index (χ2n) is 16.1. The zero-order valence-corrected chi connectivity index (χ0v) is 34.8. The molecule has 20 unspecified atom stereocenters. The molecule has 0 spiro atoms. The lowest BCUT2D eigenvalue weighted by Gasteiger charge is -2.46. The topological polar surface area (TPSA) is 417 Å². The molecule has 20 atom stereocenters. The highest BCUT2D eigenvalue weighted by Gasteiger charge is 2.53. The fourth-order valence-corrected chi connectivity index (χ4v) is 7.84. The summed E-state index contributed by atoms with van der Waals surface area (Å²) in [5.41, 5.74) is -1.49. The van der Waals surface area contributed by atoms with E-state index in [9.17, 15) is 81.4 Å². The van der Waals surface area contributed by atoms with Crippen LogP contribution in [-0.2, 0) is 33.2 Å². The van der Waals surface area contributed by atoms with Crippen LogP contribution in [-0.4, -0.2) is 226 Å². The number of ether oxygens (including phenoxy) is 9. The lowest BCUT2D eigenvalue weighted by atomic mass is 9.97. The number of hydrogen-bond acceptors (Lipinski definition) is 26. The highest BCUT2D eigenvalue weighted by molar-refractivity contribution is 5.88. The number of hydrogen-bond donors (Lipinski definition) is 15. The van der Waals surface area contributed by atoms with Gasteiger partial charge in [0.1, 0.15) is 108 Å². The summed E-state index contributed by atoms with van der Waals surface area (Å²) in [6.07, 6.45) is -36.3. The van der Waals surface area contributed by atoms with Gasteiger partial charge in [-0.2, -0.15) is 0 Å². The van der Waals surface area contributed by atoms with Crippen LogP contribution in [0.5, 0.6) is 28.7 Å². The van der Waals surface area contributed by atoms with E-state index in [-0.39, 0.29) is 22.6 Å². The molecule has 4 aliphatic rings. The highest BCUT2D eigenvalue weighted by atomic mass is 16.8. The maximum atomic E-state index is 14.3. The monoisotopic (exact) mass is 948 g/mol. The summed E-state index contributed by atoms with van der Waals surface area (Å²) in [5, 5.41) is 158. The number of phenols is 3. The quantitative estimate of drug-likeness (QED) is 0.0759. The molecule has 4 aliphatic heterocycles. The molecule has 368 valence electrons. The van der Waals surface area contributed by atoms with E-state index in [2.05, 4.69) is 0 Å². The third kappa shape index (κ3) is 9.63. The third-order valence-electron chi connectivity index (χ3n) is 11.7. The minimum Gasteiger partial charge on any atom is -0.508 e. The maximum Gasteiger partial charge on any atom is 0.239 e. The second kappa shape index (κ2) is 20.2. The van der Waals surface area contributed by atoms with Crippen LogP contribution in [0.4, 0.5) is 0 Å². The molecule has 5 heterocycles. The van der Waals surface area contributed by atoms with Gasteiger partial charge in [-0.3, -0.25) is 4.79 Å². The van der Waals surface area contributed by atoms with Crippen LogP contribution in [0.25, 0.3) is 22.3 Å². The zero-order chi connectivity index (χ0) is 48.0. The molecule has 7 rings (SSSR count). The zero-order valence-electron chi connectivity index (χ0n) is 34.8. The SMILES string of the molecule is COc1cc(-c2oc3cc(O)cc(O)c3c(=O)c2OC2OC(COC3OC(COC4OC(CO)C(O)C(O)C4O)C(O)C(O)C3O)C(O)C(O)C2OC2OC(C)C(O)C(O)C2O)ccc1O. The van der Waals surface area contributed by atoms with E-state index in [0.717, 1.165) is 12.1 Å². The van der Waals surface area contributed by atoms with Crippen LogP contribution in [0, 0.1) is 0 Å². The van der Waals surface area contributed by atoms with Crippen molar-refractivity contribution in [3.63, 3.8) is 0 Å². The van der Waals surface area contributed by atoms with Gasteiger partial charge in [-0.15, -0.1) is 0 Å². The average Bonchev–Trinajstić information content (AvgIpc) is 3.29. The summed E-state index contributed by atoms with van der Waals surface area (Å²) in [6.45, 7) is -1.04. The number of rotatable bonds is 13. The van der Waals surface area contributed by atoms with Crippen molar-refractivity contribution in [1.82, 2.24) is 0 Å². The molecule has 15 N–H and O–H groups in total. The minimum atomic E-state index is -2.15. The van der Waals surface area contributed by atoms with Gasteiger partial charge in [-0.05, 0) is 25.1 Å². The Balaban J connectivity index is 1.19. The first-order valence-electron chi connectivity index (χ1n) is 20.4. The lowest BCUT2D eigenvalue weighted by molar-refractivity contribution is -0.362. The van der Waals surface area contributed by atoms with Crippen LogP contribution < -0.4 is 14.9 Å². The molecule has 4 fully saturated rings. The highest BCUT2D eigenvalue weighted by Crippen LogP contribution is 2.41. The predicted octanol–water partition coefficient (Wildman–Crippen LogP) is -5.74. The summed E-state index contributed by atoms with van der Waals surface area (Å²) in [4.78, 5) is 14.3. The fourth-order valence-electron chi connectivity index (χ4n) is 7.84. The molecule has 3 aromatic rings. The Morgan fingerprint density at radius 2 is 1.14 bits per heavy atom. The Labute approximate surface area is 371 Å². The van der Waals surface area contributed by atoms with Crippen LogP contribution in [0.3, 0.4) is 0 Å². The van der Waals surface area contributed by atoms with Gasteiger partial charge in [0, 0.05) is 17.7 Å². The number of methoxy groups -OCH3 is 1. The molecule has 66 heavy (non-hydrogen) atoms. The molecule has 0 amide bonds. The molecular weight excluding hydrogens is 896 g/mol. The number of aliphatic hydroxyl groups is 12. The molecular formula is C40H52O26. The van der Waals surface area contributed by atoms with Gasteiger partial charge in [-0.1, -0.05) is 0 Å². The number of fused-ring (bicyclic) bond motifs is 1. The third-order valence-corrected chi connectivity index (χ3v) is 11.7. The van der Waals surface area contributed by atoms with Crippen LogP contribution >= 0.6 is 0 Å². The molecule has 0 radical (unpaired) electrons. The molecule has 0 aliphatic carbocycles. The first-order chi connectivity index (χ1) is 31.2. The van der Waals surface area contributed by atoms with Crippen molar-refractivity contribution in [2.75, 3.05) is 26.9 Å². The largest absolute Gasteiger partial charge is 0.508 e. The van der Waals surface area contributed by atoms with Crippen LogP contribution in [0.1, 0.15) is 6.92 Å². The molecule has 0 saturated carbocycles. The summed E-state index contributed by atoms with van der Waals surface area (Å²) in [6, 6.07) is 5.50. The van der Waals surface area contributed by atoms with Gasteiger partial charge in [0.25, 0.3) is 0 Å². The van der Waals surface area contributed by atoms with Gasteiger partial charge in [0.15, 0.2) is 42.2 Å². The van der Waals surface area contributed by atoms with Gasteiger partial charge < -0.3 is 124 Å². The van der Waals surface area contributed by atoms with Gasteiger partial charge in [-0.25, -0.2) is 0 Å². The fraction of sp³-hybridized carbons (Fsp3) is 0.625. The Morgan fingerprint density at radius 1 is 0.591 bits per heavy atom. The summed E-state index contributed by atoms with van der Waals surface area (Å²) in [5.74, 6) is -2.96. The van der Waals surface area contributed by atoms with Crippen molar-refractivity contribution in [2.24, 2.45) is 0 Å². The first kappa shape index (κ1) is 49.8. The van der Waals surface area contributed by atoms with Crippen molar-refractivity contribution in [1.29, 1.82) is 0 Å². The predicted molar refractivity (Wildman–Crippen MR) is 210 cm³/mol. The number of aromatic hydroxyl groups is 3. The normalized spacial score (nSPS) is 39.7. The molecule has 0 bridgehead atoms. The molecule has 26 heteroatoms. The van der Waals surface area contributed by atoms with E-state index < -0.39 is 176 Å². The van der Waals surface area contributed by atoms with Gasteiger partial charge in [0.05, 0.1) is 33.0 Å². The molecule has 1 aromatic heterocycles. The first-order valence-corrected chi connectivity index (χ1v) is 20.4. The van der Waals surface area contributed by atoms with Crippen LogP contribution in [0.2, 0.25) is 0 Å². The average molecular weight is 949 g/mol. The van der Waals surface area contributed by atoms with E-state index >= 15 is 0 Å². The summed E-state index contributed by atoms with van der Waals surface area (Å²) < 4.78 is 56.8. The Kier molecular flexibility index (Phi) is 15.3. The van der Waals surface area contributed by atoms with Crippen molar-refractivity contribution >= 4 is 11.0 Å². The van der Waals surface area contributed by atoms with Gasteiger partial charge in [0.2, 0.25) is 17.5 Å². The number of aliphatic hydroxyl groups excluding tert-OH is 12. The van der Waals surface area contributed by atoms with Crippen molar-refractivity contribution in [3.8, 4) is 40.1 Å². The van der Waals surface area contributed by atoms with Crippen LogP contribution in [0.15, 0.2) is 39.5 Å². The Morgan fingerprint density at radius 3 is 1.74 bits per heavy atom. The van der Waals surface area contributed by atoms with Crippen molar-refractivity contribution < 1.29 is 124 Å². The smallest absolute Gasteiger partial charge is 0.239 e. The number of benzene rings is 2. The Hall–Kier alpha value is -4.11. The summed E-state index contributed by atoms with van der Waals surface area (Å²) in [7, 11) is 1.23. The van der Waals surface area contributed by atoms with E-state index in [1.165, 1.54) is 32.2 Å². The molecule has 26 nitrogen and oxygen atoms in total. The molecule has 4 saturated heterocycles. The Bertz CT molecular complexity index is 2190. The van der Waals surface area contributed by atoms with E-state index in [1.807, 2.05) is 0 Å². The van der Waals surface area contributed by atoms with Crippen molar-refractivity contribution in [3.05, 3.63) is 40.6 Å². The van der Waals surface area contributed by atoms with E-state index in [0.29, 0.717) is 0 Å². The standard InChI is InChI=1S/C40H52O26/c1-11-22(45)27(50)33(56)39(60-11)66-36-30(53)25(48)20(10-59-38-32(55)29(52)24(47)19(63-38)9-58-37-31(54)28(51)23(46)18(8-41)62-37)64-40(36)65-35-26(49)21-15(44)6-13(42)7-17(21)61-34(35)12-3-4-14(43)16(5-12)57-2/h3-7,11,18-20,22-25,27-33,36-48,50-56H,8-10H2,1-2H3. The summed E-state index contributed by atoms with van der Waals surface area (Å²) >= 11 is 0. The van der Waals surface area contributed by atoms with Gasteiger partial charge >= 0.3 is 0 Å². The maximum absolute atomic E-state index is 14.3. The minimum absolute atomic E-state index is 0.0125. The number of phenolic OH excluding ortho intramolecular Hbond substituents is 3. The molecule has 2 aromatic carbocycles.